The largest absolute Gasteiger partial charge is 0.484 e. The van der Waals surface area contributed by atoms with Gasteiger partial charge in [0.05, 0.1) is 10.7 Å². The Morgan fingerprint density at radius 1 is 1.21 bits per heavy atom. The molecule has 1 amide bonds. The number of nitrogens with zero attached hydrogens (tertiary/aromatic N) is 2. The zero-order valence-corrected chi connectivity index (χ0v) is 15.9. The summed E-state index contributed by atoms with van der Waals surface area (Å²) in [6, 6.07) is 11.5. The summed E-state index contributed by atoms with van der Waals surface area (Å²) in [4.78, 5) is 16.8. The van der Waals surface area contributed by atoms with E-state index in [2.05, 4.69) is 16.1 Å². The number of halogens is 2. The molecule has 1 N–H and O–H groups in total. The summed E-state index contributed by atoms with van der Waals surface area (Å²) in [6.45, 7) is 0.827. The van der Waals surface area contributed by atoms with Crippen LogP contribution in [0.3, 0.4) is 0 Å². The molecule has 1 aromatic heterocycles. The van der Waals surface area contributed by atoms with E-state index < -0.39 is 5.82 Å². The van der Waals surface area contributed by atoms with Crippen molar-refractivity contribution in [2.24, 2.45) is 0 Å². The molecule has 0 unspecified atom stereocenters. The third-order valence-electron chi connectivity index (χ3n) is 4.63. The smallest absolute Gasteiger partial charge is 0.262 e. The Labute approximate surface area is 167 Å². The zero-order valence-electron chi connectivity index (χ0n) is 15.1. The Morgan fingerprint density at radius 3 is 2.79 bits per heavy atom. The van der Waals surface area contributed by atoms with Crippen LogP contribution >= 0.6 is 11.6 Å². The summed E-state index contributed by atoms with van der Waals surface area (Å²) in [6.07, 6.45) is 5.49. The second-order valence-corrected chi connectivity index (χ2v) is 7.09. The van der Waals surface area contributed by atoms with Crippen molar-refractivity contribution in [1.82, 2.24) is 9.55 Å². The first kappa shape index (κ1) is 18.5. The molecule has 4 rings (SSSR count). The van der Waals surface area contributed by atoms with E-state index in [0.29, 0.717) is 11.4 Å². The molecule has 0 aliphatic carbocycles. The van der Waals surface area contributed by atoms with Gasteiger partial charge in [-0.1, -0.05) is 23.7 Å². The molecule has 1 aliphatic heterocycles. The van der Waals surface area contributed by atoms with Gasteiger partial charge in [-0.05, 0) is 37.1 Å². The van der Waals surface area contributed by atoms with Crippen molar-refractivity contribution in [1.29, 1.82) is 0 Å². The van der Waals surface area contributed by atoms with Crippen LogP contribution in [-0.2, 0) is 17.8 Å². The van der Waals surface area contributed by atoms with Gasteiger partial charge in [-0.25, -0.2) is 9.37 Å². The van der Waals surface area contributed by atoms with Gasteiger partial charge >= 0.3 is 0 Å². The van der Waals surface area contributed by atoms with Gasteiger partial charge in [0.2, 0.25) is 0 Å². The number of nitrogens with one attached hydrogen (secondary N) is 1. The lowest BCUT2D eigenvalue weighted by atomic mass is 10.1. The van der Waals surface area contributed by atoms with Crippen molar-refractivity contribution < 1.29 is 13.9 Å². The zero-order chi connectivity index (χ0) is 19.5. The number of aryl methyl sites for hydroxylation is 2. The van der Waals surface area contributed by atoms with E-state index in [4.69, 9.17) is 21.3 Å². The van der Waals surface area contributed by atoms with Crippen LogP contribution < -0.4 is 10.1 Å². The second-order valence-electron chi connectivity index (χ2n) is 6.68. The maximum Gasteiger partial charge on any atom is 0.262 e. The van der Waals surface area contributed by atoms with Gasteiger partial charge in [-0.15, -0.1) is 0 Å². The molecule has 0 atom stereocenters. The molecule has 0 spiro atoms. The fraction of sp³-hybridized carbons (Fsp3) is 0.238. The average Bonchev–Trinajstić information content (AvgIpc) is 3.14. The van der Waals surface area contributed by atoms with Gasteiger partial charge in [0.15, 0.2) is 6.61 Å². The SMILES string of the molecule is O=C(COc1ccc(F)c(Cl)c1)Nc1ccc(-c2cn3c(n2)CCCC3)cc1. The van der Waals surface area contributed by atoms with Gasteiger partial charge in [0.25, 0.3) is 5.91 Å². The molecular formula is C21H19ClFN3O2. The van der Waals surface area contributed by atoms with Crippen LogP contribution in [-0.4, -0.2) is 22.1 Å². The van der Waals surface area contributed by atoms with Crippen molar-refractivity contribution in [3.63, 3.8) is 0 Å². The number of carbonyl (C=O) groups excluding carboxylic acids is 1. The number of hydrogen-bond acceptors (Lipinski definition) is 3. The minimum atomic E-state index is -0.530. The Bertz CT molecular complexity index is 978. The number of carbonyl (C=O) groups is 1. The van der Waals surface area contributed by atoms with Crippen LogP contribution in [0.25, 0.3) is 11.3 Å². The fourth-order valence-corrected chi connectivity index (χ4v) is 3.36. The molecule has 0 radical (unpaired) electrons. The molecule has 0 fully saturated rings. The van der Waals surface area contributed by atoms with Crippen LogP contribution in [0.15, 0.2) is 48.7 Å². The lowest BCUT2D eigenvalue weighted by Crippen LogP contribution is -2.20. The summed E-state index contributed by atoms with van der Waals surface area (Å²) in [5.41, 5.74) is 2.63. The predicted octanol–water partition coefficient (Wildman–Crippen LogP) is 4.70. The average molecular weight is 400 g/mol. The topological polar surface area (TPSA) is 56.1 Å². The number of rotatable bonds is 5. The molecule has 2 heterocycles. The molecule has 28 heavy (non-hydrogen) atoms. The van der Waals surface area contributed by atoms with Crippen molar-refractivity contribution in [3.8, 4) is 17.0 Å². The van der Waals surface area contributed by atoms with E-state index in [-0.39, 0.29) is 17.5 Å². The quantitative estimate of drug-likeness (QED) is 0.676. The van der Waals surface area contributed by atoms with Gasteiger partial charge in [-0.2, -0.15) is 0 Å². The van der Waals surface area contributed by atoms with Crippen molar-refractivity contribution >= 4 is 23.2 Å². The number of ether oxygens (including phenoxy) is 1. The number of benzene rings is 2. The summed E-state index contributed by atoms with van der Waals surface area (Å²) in [7, 11) is 0. The van der Waals surface area contributed by atoms with Crippen LogP contribution in [0, 0.1) is 5.82 Å². The first-order valence-electron chi connectivity index (χ1n) is 9.13. The highest BCUT2D eigenvalue weighted by Gasteiger charge is 2.13. The number of fused-ring (bicyclic) bond motifs is 1. The van der Waals surface area contributed by atoms with Gasteiger partial charge in [0.1, 0.15) is 17.4 Å². The first-order valence-corrected chi connectivity index (χ1v) is 9.50. The second kappa shape index (κ2) is 8.02. The van der Waals surface area contributed by atoms with E-state index in [1.807, 2.05) is 24.3 Å². The minimum Gasteiger partial charge on any atom is -0.484 e. The number of aromatic nitrogens is 2. The minimum absolute atomic E-state index is 0.0468. The molecule has 5 nitrogen and oxygen atoms in total. The molecule has 1 aliphatic rings. The third kappa shape index (κ3) is 4.17. The molecule has 7 heteroatoms. The molecule has 2 aromatic carbocycles. The van der Waals surface area contributed by atoms with Crippen molar-refractivity contribution in [2.45, 2.75) is 25.8 Å². The van der Waals surface area contributed by atoms with E-state index in [1.165, 1.54) is 31.0 Å². The Balaban J connectivity index is 1.35. The standard InChI is InChI=1S/C21H19ClFN3O2/c22-17-11-16(8-9-18(17)23)28-13-21(27)24-15-6-4-14(5-7-15)19-12-26-10-2-1-3-20(26)25-19/h4-9,11-12H,1-3,10,13H2,(H,24,27). The highest BCUT2D eigenvalue weighted by molar-refractivity contribution is 6.30. The molecule has 0 saturated heterocycles. The summed E-state index contributed by atoms with van der Waals surface area (Å²) in [5.74, 6) is 0.625. The normalized spacial score (nSPS) is 13.1. The van der Waals surface area contributed by atoms with Crippen LogP contribution in [0.5, 0.6) is 5.75 Å². The molecule has 0 saturated carbocycles. The summed E-state index contributed by atoms with van der Waals surface area (Å²) in [5, 5.41) is 2.72. The van der Waals surface area contributed by atoms with Gasteiger partial charge in [0, 0.05) is 36.5 Å². The maximum atomic E-state index is 13.1. The van der Waals surface area contributed by atoms with E-state index in [0.717, 1.165) is 30.0 Å². The fourth-order valence-electron chi connectivity index (χ4n) is 3.19. The number of imidazole rings is 1. The monoisotopic (exact) mass is 399 g/mol. The highest BCUT2D eigenvalue weighted by atomic mass is 35.5. The van der Waals surface area contributed by atoms with Crippen molar-refractivity contribution in [3.05, 3.63) is 65.3 Å². The number of hydrogen-bond donors (Lipinski definition) is 1. The van der Waals surface area contributed by atoms with Crippen LogP contribution in [0.1, 0.15) is 18.7 Å². The van der Waals surface area contributed by atoms with E-state index in [1.54, 1.807) is 0 Å². The number of anilines is 1. The molecule has 144 valence electrons. The molecule has 0 bridgehead atoms. The predicted molar refractivity (Wildman–Crippen MR) is 106 cm³/mol. The summed E-state index contributed by atoms with van der Waals surface area (Å²) < 4.78 is 20.7. The van der Waals surface area contributed by atoms with Gasteiger partial charge in [-0.3, -0.25) is 4.79 Å². The Hall–Kier alpha value is -2.86. The van der Waals surface area contributed by atoms with Gasteiger partial charge < -0.3 is 14.6 Å². The summed E-state index contributed by atoms with van der Waals surface area (Å²) >= 11 is 5.70. The van der Waals surface area contributed by atoms with E-state index >= 15 is 0 Å². The van der Waals surface area contributed by atoms with E-state index in [9.17, 15) is 9.18 Å². The third-order valence-corrected chi connectivity index (χ3v) is 4.92. The highest BCUT2D eigenvalue weighted by Crippen LogP contribution is 2.24. The number of amides is 1. The maximum absolute atomic E-state index is 13.1. The lowest BCUT2D eigenvalue weighted by Gasteiger charge is -2.11. The van der Waals surface area contributed by atoms with Crippen LogP contribution in [0.4, 0.5) is 10.1 Å². The Morgan fingerprint density at radius 2 is 2.04 bits per heavy atom. The Kier molecular flexibility index (Phi) is 5.30. The molecule has 3 aromatic rings. The van der Waals surface area contributed by atoms with Crippen molar-refractivity contribution in [2.75, 3.05) is 11.9 Å². The molecular weight excluding hydrogens is 381 g/mol. The first-order chi connectivity index (χ1) is 13.6. The van der Waals surface area contributed by atoms with Crippen LogP contribution in [0.2, 0.25) is 5.02 Å². The lowest BCUT2D eigenvalue weighted by molar-refractivity contribution is -0.118.